The number of nitrogens with one attached hydrogen (secondary N) is 2. The molecule has 0 aliphatic heterocycles. The van der Waals surface area contributed by atoms with Crippen molar-refractivity contribution < 1.29 is 14.7 Å². The van der Waals surface area contributed by atoms with Crippen molar-refractivity contribution in [3.8, 4) is 11.3 Å². The van der Waals surface area contributed by atoms with Crippen molar-refractivity contribution in [2.45, 2.75) is 118 Å². The predicted octanol–water partition coefficient (Wildman–Crippen LogP) is 6.37. The lowest BCUT2D eigenvalue weighted by Crippen LogP contribution is -2.40. The Morgan fingerprint density at radius 3 is 2.11 bits per heavy atom. The molecule has 2 amide bonds. The van der Waals surface area contributed by atoms with Gasteiger partial charge in [-0.3, -0.25) is 9.59 Å². The topological polar surface area (TPSA) is 83.4 Å². The van der Waals surface area contributed by atoms with Gasteiger partial charge in [0.05, 0.1) is 11.2 Å². The van der Waals surface area contributed by atoms with Crippen molar-refractivity contribution >= 4 is 11.8 Å². The second-order valence-electron chi connectivity index (χ2n) is 13.9. The highest BCUT2D eigenvalue weighted by Crippen LogP contribution is 2.34. The zero-order valence-electron chi connectivity index (χ0n) is 25.0. The van der Waals surface area contributed by atoms with E-state index in [1.165, 1.54) is 32.1 Å². The normalized spacial score (nSPS) is 15.4. The molecule has 3 rings (SSSR count). The van der Waals surface area contributed by atoms with Crippen LogP contribution in [0.15, 0.2) is 24.3 Å². The molecule has 0 bridgehead atoms. The first-order valence-corrected chi connectivity index (χ1v) is 14.1. The van der Waals surface area contributed by atoms with Crippen LogP contribution in [0.1, 0.15) is 119 Å². The Morgan fingerprint density at radius 2 is 1.55 bits per heavy atom. The molecule has 3 N–H and O–H groups in total. The number of amides is 2. The number of carbonyl (C=O) groups excluding carboxylic acids is 2. The van der Waals surface area contributed by atoms with E-state index in [1.54, 1.807) is 13.8 Å². The highest BCUT2D eigenvalue weighted by atomic mass is 16.3. The fourth-order valence-electron chi connectivity index (χ4n) is 5.12. The molecule has 2 aromatic rings. The van der Waals surface area contributed by atoms with Crippen molar-refractivity contribution in [1.82, 2.24) is 15.2 Å². The van der Waals surface area contributed by atoms with Crippen molar-refractivity contribution in [3.63, 3.8) is 0 Å². The molecule has 1 aliphatic rings. The van der Waals surface area contributed by atoms with Crippen molar-refractivity contribution in [2.75, 3.05) is 6.54 Å². The van der Waals surface area contributed by atoms with E-state index in [0.29, 0.717) is 17.0 Å². The van der Waals surface area contributed by atoms with Crippen LogP contribution in [0.2, 0.25) is 0 Å². The summed E-state index contributed by atoms with van der Waals surface area (Å²) in [6.45, 7) is 18.8. The number of rotatable bonds is 7. The van der Waals surface area contributed by atoms with Crippen LogP contribution in [0, 0.1) is 12.8 Å². The number of carbonyl (C=O) groups is 2. The third-order valence-corrected chi connectivity index (χ3v) is 7.30. The first-order chi connectivity index (χ1) is 17.4. The van der Waals surface area contributed by atoms with E-state index in [0.717, 1.165) is 29.1 Å². The average Bonchev–Trinajstić information content (AvgIpc) is 3.12. The lowest BCUT2D eigenvalue weighted by atomic mass is 9.84. The molecule has 210 valence electrons. The van der Waals surface area contributed by atoms with E-state index in [4.69, 9.17) is 0 Å². The van der Waals surface area contributed by atoms with Crippen LogP contribution in [0.5, 0.6) is 0 Å². The van der Waals surface area contributed by atoms with Crippen LogP contribution in [-0.2, 0) is 12.0 Å². The van der Waals surface area contributed by atoms with Crippen LogP contribution in [0.25, 0.3) is 11.3 Å². The smallest absolute Gasteiger partial charge is 0.253 e. The molecular weight excluding hydrogens is 474 g/mol. The summed E-state index contributed by atoms with van der Waals surface area (Å²) in [5.74, 6) is 0.274. The number of nitrogens with zero attached hydrogens (tertiary/aromatic N) is 1. The standard InChI is InChI=1S/C32H49N3O3/c1-21-26(29(37)33-20-32(8,9)38)18-27(35(21)19-22-13-11-10-12-14-22)23-15-24(28(36)34-31(5,6)7)17-25(16-23)30(2,3)4/h15-18,22,38H,10-14,19-20H2,1-9H3,(H,33,37)(H,34,36). The number of benzene rings is 1. The predicted molar refractivity (Wildman–Crippen MR) is 156 cm³/mol. The Balaban J connectivity index is 2.14. The molecule has 0 saturated heterocycles. The summed E-state index contributed by atoms with van der Waals surface area (Å²) in [7, 11) is 0. The molecule has 0 atom stereocenters. The van der Waals surface area contributed by atoms with Crippen molar-refractivity contribution in [1.29, 1.82) is 0 Å². The molecule has 1 heterocycles. The summed E-state index contributed by atoms with van der Waals surface area (Å²) in [5.41, 5.74) is 3.63. The zero-order valence-corrected chi connectivity index (χ0v) is 25.0. The van der Waals surface area contributed by atoms with E-state index in [1.807, 2.05) is 45.9 Å². The van der Waals surface area contributed by atoms with Gasteiger partial charge in [0.2, 0.25) is 0 Å². The van der Waals surface area contributed by atoms with Gasteiger partial charge in [-0.25, -0.2) is 0 Å². The first-order valence-electron chi connectivity index (χ1n) is 14.1. The summed E-state index contributed by atoms with van der Waals surface area (Å²) < 4.78 is 2.28. The summed E-state index contributed by atoms with van der Waals surface area (Å²) in [6.07, 6.45) is 6.17. The number of aliphatic hydroxyl groups is 1. The third-order valence-electron chi connectivity index (χ3n) is 7.30. The minimum absolute atomic E-state index is 0.102. The fourth-order valence-corrected chi connectivity index (χ4v) is 5.12. The van der Waals surface area contributed by atoms with Gasteiger partial charge in [-0.1, -0.05) is 40.0 Å². The van der Waals surface area contributed by atoms with Crippen molar-refractivity contribution in [2.24, 2.45) is 5.92 Å². The van der Waals surface area contributed by atoms with Gasteiger partial charge in [-0.15, -0.1) is 0 Å². The fraction of sp³-hybridized carbons (Fsp3) is 0.625. The summed E-state index contributed by atoms with van der Waals surface area (Å²) in [5, 5.41) is 16.2. The first kappa shape index (κ1) is 29.9. The molecule has 0 unspecified atom stereocenters. The molecule has 1 saturated carbocycles. The molecule has 6 nitrogen and oxygen atoms in total. The van der Waals surface area contributed by atoms with E-state index in [-0.39, 0.29) is 29.3 Å². The highest BCUT2D eigenvalue weighted by Gasteiger charge is 2.26. The highest BCUT2D eigenvalue weighted by molar-refractivity contribution is 5.98. The molecule has 1 fully saturated rings. The second kappa shape index (κ2) is 11.3. The Hall–Kier alpha value is -2.60. The molecule has 1 aromatic carbocycles. The van der Waals surface area contributed by atoms with E-state index in [2.05, 4.69) is 42.0 Å². The van der Waals surface area contributed by atoms with Gasteiger partial charge < -0.3 is 20.3 Å². The number of hydrogen-bond donors (Lipinski definition) is 3. The number of hydrogen-bond acceptors (Lipinski definition) is 3. The van der Waals surface area contributed by atoms with Crippen LogP contribution in [0.3, 0.4) is 0 Å². The second-order valence-corrected chi connectivity index (χ2v) is 13.9. The molecular formula is C32H49N3O3. The van der Waals surface area contributed by atoms with Gasteiger partial charge in [-0.2, -0.15) is 0 Å². The molecule has 1 aromatic heterocycles. The van der Waals surface area contributed by atoms with Gasteiger partial charge in [0.25, 0.3) is 11.8 Å². The maximum Gasteiger partial charge on any atom is 0.253 e. The molecule has 1 aliphatic carbocycles. The zero-order chi connectivity index (χ0) is 28.5. The van der Waals surface area contributed by atoms with Gasteiger partial charge in [0.1, 0.15) is 0 Å². The van der Waals surface area contributed by atoms with Crippen LogP contribution < -0.4 is 10.6 Å². The SMILES string of the molecule is Cc1c(C(=O)NCC(C)(C)O)cc(-c2cc(C(=O)NC(C)(C)C)cc(C(C)(C)C)c2)n1CC1CCCCC1. The lowest BCUT2D eigenvalue weighted by Gasteiger charge is -2.26. The maximum absolute atomic E-state index is 13.3. The Labute approximate surface area is 229 Å². The molecule has 0 spiro atoms. The van der Waals surface area contributed by atoms with Crippen LogP contribution in [0.4, 0.5) is 0 Å². The largest absolute Gasteiger partial charge is 0.389 e. The molecule has 6 heteroatoms. The Kier molecular flexibility index (Phi) is 8.87. The summed E-state index contributed by atoms with van der Waals surface area (Å²) in [4.78, 5) is 26.5. The lowest BCUT2D eigenvalue weighted by molar-refractivity contribution is 0.0694. The van der Waals surface area contributed by atoms with E-state index in [9.17, 15) is 14.7 Å². The van der Waals surface area contributed by atoms with Gasteiger partial charge in [0.15, 0.2) is 0 Å². The quantitative estimate of drug-likeness (QED) is 0.394. The maximum atomic E-state index is 13.3. The van der Waals surface area contributed by atoms with E-state index >= 15 is 0 Å². The third kappa shape index (κ3) is 7.95. The van der Waals surface area contributed by atoms with Gasteiger partial charge >= 0.3 is 0 Å². The Bertz CT molecular complexity index is 1150. The monoisotopic (exact) mass is 523 g/mol. The summed E-state index contributed by atoms with van der Waals surface area (Å²) in [6, 6.07) is 8.08. The molecule has 38 heavy (non-hydrogen) atoms. The van der Waals surface area contributed by atoms with Gasteiger partial charge in [0, 0.05) is 35.6 Å². The van der Waals surface area contributed by atoms with Crippen molar-refractivity contribution in [3.05, 3.63) is 46.6 Å². The van der Waals surface area contributed by atoms with E-state index < -0.39 is 5.60 Å². The summed E-state index contributed by atoms with van der Waals surface area (Å²) >= 11 is 0. The van der Waals surface area contributed by atoms with Crippen LogP contribution in [-0.4, -0.2) is 39.2 Å². The Morgan fingerprint density at radius 1 is 0.921 bits per heavy atom. The molecule has 0 radical (unpaired) electrons. The minimum Gasteiger partial charge on any atom is -0.389 e. The van der Waals surface area contributed by atoms with Gasteiger partial charge in [-0.05, 0) is 101 Å². The number of aromatic nitrogens is 1. The average molecular weight is 524 g/mol. The minimum atomic E-state index is -0.993. The van der Waals surface area contributed by atoms with Crippen LogP contribution >= 0.6 is 0 Å².